The summed E-state index contributed by atoms with van der Waals surface area (Å²) in [5, 5.41) is 7.14. The van der Waals surface area contributed by atoms with E-state index < -0.39 is 11.7 Å². The van der Waals surface area contributed by atoms with Crippen molar-refractivity contribution in [2.75, 3.05) is 23.4 Å². The van der Waals surface area contributed by atoms with E-state index in [1.165, 1.54) is 0 Å². The summed E-state index contributed by atoms with van der Waals surface area (Å²) >= 11 is 6.37. The maximum Gasteiger partial charge on any atom is 0.416 e. The lowest BCUT2D eigenvalue weighted by atomic mass is 9.88. The van der Waals surface area contributed by atoms with Gasteiger partial charge in [0.15, 0.2) is 18.2 Å². The third-order valence-corrected chi connectivity index (χ3v) is 8.21. The Hall–Kier alpha value is -2.88. The number of pyridine rings is 1. The molecule has 1 aromatic heterocycles. The molecule has 170 valence electrons. The molecule has 33 heavy (non-hydrogen) atoms. The van der Waals surface area contributed by atoms with Crippen LogP contribution in [0.15, 0.2) is 30.3 Å². The van der Waals surface area contributed by atoms with Crippen LogP contribution >= 0.6 is 11.6 Å². The largest absolute Gasteiger partial charge is 0.480 e. The van der Waals surface area contributed by atoms with E-state index in [0.29, 0.717) is 17.4 Å². The molecular formula is C23H22ClN5O4. The third-order valence-electron chi connectivity index (χ3n) is 7.86. The monoisotopic (exact) mass is 467 g/mol. The molecule has 1 saturated heterocycles. The summed E-state index contributed by atoms with van der Waals surface area (Å²) < 4.78 is 11.2. The van der Waals surface area contributed by atoms with Crippen LogP contribution in [0, 0.1) is 11.8 Å². The molecule has 3 fully saturated rings. The Balaban J connectivity index is 1.04. The fourth-order valence-electron chi connectivity index (χ4n) is 6.20. The Morgan fingerprint density at radius 2 is 2.18 bits per heavy atom. The maximum atomic E-state index is 12.6. The fourth-order valence-corrected chi connectivity index (χ4v) is 6.46. The number of hydrogen-bond donors (Lipinski definition) is 3. The molecule has 3 aliphatic carbocycles. The highest BCUT2D eigenvalue weighted by Crippen LogP contribution is 2.68. The molecular weight excluding hydrogens is 446 g/mol. The molecule has 1 aromatic carbocycles. The number of nitrogens with zero attached hydrogens (tertiary/aromatic N) is 2. The molecule has 6 atom stereocenters. The van der Waals surface area contributed by atoms with Crippen molar-refractivity contribution >= 4 is 35.2 Å². The molecule has 10 heteroatoms. The molecule has 2 saturated carbocycles. The number of benzene rings is 1. The van der Waals surface area contributed by atoms with Crippen LogP contribution in [-0.4, -0.2) is 47.8 Å². The Labute approximate surface area is 194 Å². The zero-order chi connectivity index (χ0) is 22.5. The van der Waals surface area contributed by atoms with E-state index in [-0.39, 0.29) is 42.5 Å². The number of nitrogens with two attached hydrogens (primary N) is 1. The predicted octanol–water partition coefficient (Wildman–Crippen LogP) is 1.99. The van der Waals surface area contributed by atoms with Crippen LogP contribution in [0.3, 0.4) is 0 Å². The Morgan fingerprint density at radius 3 is 3.03 bits per heavy atom. The van der Waals surface area contributed by atoms with Gasteiger partial charge in [0.25, 0.3) is 5.91 Å². The molecule has 0 bridgehead atoms. The summed E-state index contributed by atoms with van der Waals surface area (Å²) in [5.41, 5.74) is 8.35. The molecule has 2 aromatic rings. The molecule has 4 unspecified atom stereocenters. The third kappa shape index (κ3) is 2.64. The molecule has 2 amide bonds. The van der Waals surface area contributed by atoms with E-state index in [0.717, 1.165) is 35.5 Å². The van der Waals surface area contributed by atoms with Gasteiger partial charge in [-0.25, -0.2) is 9.78 Å². The van der Waals surface area contributed by atoms with Gasteiger partial charge in [-0.1, -0.05) is 23.7 Å². The number of halogens is 1. The van der Waals surface area contributed by atoms with Gasteiger partial charge in [-0.15, -0.1) is 0 Å². The van der Waals surface area contributed by atoms with Crippen LogP contribution in [-0.2, 0) is 16.0 Å². The lowest BCUT2D eigenvalue weighted by Gasteiger charge is -2.35. The van der Waals surface area contributed by atoms with E-state index in [4.69, 9.17) is 26.8 Å². The van der Waals surface area contributed by atoms with E-state index in [9.17, 15) is 9.59 Å². The maximum absolute atomic E-state index is 12.6. The number of aromatic nitrogens is 1. The summed E-state index contributed by atoms with van der Waals surface area (Å²) in [6.45, 7) is 0.743. The van der Waals surface area contributed by atoms with Crippen LogP contribution in [0.1, 0.15) is 23.6 Å². The number of fused-ring (bicyclic) bond motifs is 3. The zero-order valence-electron chi connectivity index (χ0n) is 17.6. The lowest BCUT2D eigenvalue weighted by Crippen LogP contribution is -2.50. The van der Waals surface area contributed by atoms with Gasteiger partial charge in [0, 0.05) is 36.0 Å². The average Bonchev–Trinajstić information content (AvgIpc) is 3.01. The summed E-state index contributed by atoms with van der Waals surface area (Å²) in [6, 6.07) is 9.54. The molecule has 0 radical (unpaired) electrons. The van der Waals surface area contributed by atoms with Gasteiger partial charge < -0.3 is 25.8 Å². The first-order valence-electron chi connectivity index (χ1n) is 11.2. The summed E-state index contributed by atoms with van der Waals surface area (Å²) in [7, 11) is 0. The van der Waals surface area contributed by atoms with E-state index >= 15 is 0 Å². The Bertz CT molecular complexity index is 1220. The van der Waals surface area contributed by atoms with Crippen LogP contribution in [0.2, 0.25) is 5.02 Å². The molecule has 5 aliphatic rings. The number of amides is 2. The Kier molecular flexibility index (Phi) is 3.91. The number of carbonyl (C=O) groups is 2. The van der Waals surface area contributed by atoms with Gasteiger partial charge >= 0.3 is 6.09 Å². The van der Waals surface area contributed by atoms with Crippen molar-refractivity contribution in [2.45, 2.75) is 36.6 Å². The van der Waals surface area contributed by atoms with Crippen molar-refractivity contribution in [1.82, 2.24) is 10.3 Å². The molecule has 4 N–H and O–H groups in total. The van der Waals surface area contributed by atoms with E-state index in [1.807, 2.05) is 12.1 Å². The first-order chi connectivity index (χ1) is 16.0. The van der Waals surface area contributed by atoms with Crippen LogP contribution in [0.4, 0.5) is 16.4 Å². The molecule has 7 rings (SSSR count). The predicted molar refractivity (Wildman–Crippen MR) is 119 cm³/mol. The zero-order valence-corrected chi connectivity index (χ0v) is 18.3. The summed E-state index contributed by atoms with van der Waals surface area (Å²) in [5.74, 6) is 1.50. The second-order valence-corrected chi connectivity index (χ2v) is 9.94. The SMILES string of the molecule is NC1c2cccc(Cl)c2CC1CN[C@@H]1C[C@]23OC(=O)N(c4ccc5c(n4)NC(=O)CO5)C2C13. The first kappa shape index (κ1) is 19.6. The van der Waals surface area contributed by atoms with Gasteiger partial charge in [0.05, 0.1) is 6.04 Å². The van der Waals surface area contributed by atoms with Gasteiger partial charge in [0.1, 0.15) is 11.4 Å². The van der Waals surface area contributed by atoms with Crippen molar-refractivity contribution in [3.05, 3.63) is 46.5 Å². The number of carbonyl (C=O) groups excluding carboxylic acids is 2. The Morgan fingerprint density at radius 1 is 1.30 bits per heavy atom. The number of nitrogens with one attached hydrogen (secondary N) is 2. The van der Waals surface area contributed by atoms with Crippen molar-refractivity contribution in [3.63, 3.8) is 0 Å². The fraction of sp³-hybridized carbons (Fsp3) is 0.435. The van der Waals surface area contributed by atoms with Crippen LogP contribution in [0.25, 0.3) is 0 Å². The summed E-state index contributed by atoms with van der Waals surface area (Å²) in [4.78, 5) is 30.3. The first-order valence-corrected chi connectivity index (χ1v) is 11.6. The minimum absolute atomic E-state index is 0.0367. The standard InChI is InChI=1S/C23H22ClN5O4/c24-13-3-1-2-11-12(13)6-10(19(11)25)8-26-14-7-23-18(14)20(23)29(22(31)33-23)16-5-4-15-21(27-16)28-17(30)9-32-15/h1-5,10,14,18-20,26H,6-9,25H2,(H,27,28,30)/t10?,14-,18?,19?,20?,23-/m1/s1. The second kappa shape index (κ2) is 6.59. The number of rotatable bonds is 4. The van der Waals surface area contributed by atoms with Crippen molar-refractivity contribution < 1.29 is 19.1 Å². The van der Waals surface area contributed by atoms with Crippen molar-refractivity contribution in [3.8, 4) is 5.75 Å². The van der Waals surface area contributed by atoms with Gasteiger partial charge in [0.2, 0.25) is 0 Å². The minimum Gasteiger partial charge on any atom is -0.480 e. The van der Waals surface area contributed by atoms with Gasteiger partial charge in [-0.2, -0.15) is 0 Å². The summed E-state index contributed by atoms with van der Waals surface area (Å²) in [6.07, 6.45) is 1.24. The van der Waals surface area contributed by atoms with Crippen molar-refractivity contribution in [2.24, 2.45) is 17.6 Å². The molecule has 9 nitrogen and oxygen atoms in total. The average molecular weight is 468 g/mol. The van der Waals surface area contributed by atoms with E-state index in [2.05, 4.69) is 21.7 Å². The quantitative estimate of drug-likeness (QED) is 0.629. The van der Waals surface area contributed by atoms with Crippen molar-refractivity contribution in [1.29, 1.82) is 0 Å². The lowest BCUT2D eigenvalue weighted by molar-refractivity contribution is -0.118. The number of anilines is 2. The topological polar surface area (TPSA) is 119 Å². The van der Waals surface area contributed by atoms with E-state index in [1.54, 1.807) is 17.0 Å². The molecule has 1 spiro atoms. The highest BCUT2D eigenvalue weighted by molar-refractivity contribution is 6.31. The normalized spacial score (nSPS) is 34.8. The smallest absolute Gasteiger partial charge is 0.416 e. The molecule has 2 aliphatic heterocycles. The van der Waals surface area contributed by atoms with Gasteiger partial charge in [-0.3, -0.25) is 9.69 Å². The minimum atomic E-state index is -0.434. The second-order valence-electron chi connectivity index (χ2n) is 9.53. The van der Waals surface area contributed by atoms with Crippen LogP contribution < -0.4 is 26.0 Å². The molecule has 3 heterocycles. The highest BCUT2D eigenvalue weighted by atomic mass is 35.5. The van der Waals surface area contributed by atoms with Gasteiger partial charge in [-0.05, 0) is 41.7 Å². The highest BCUT2D eigenvalue weighted by Gasteiger charge is 2.85. The number of ether oxygens (including phenoxy) is 2. The number of hydrogen-bond acceptors (Lipinski definition) is 7. The van der Waals surface area contributed by atoms with Crippen LogP contribution in [0.5, 0.6) is 5.75 Å².